The van der Waals surface area contributed by atoms with E-state index in [-0.39, 0.29) is 16.4 Å². The number of fused-ring (bicyclic) bond motifs is 2. The lowest BCUT2D eigenvalue weighted by Gasteiger charge is -2.29. The van der Waals surface area contributed by atoms with Gasteiger partial charge in [-0.3, -0.25) is 10.2 Å². The van der Waals surface area contributed by atoms with Gasteiger partial charge in [0.1, 0.15) is 5.76 Å². The second kappa shape index (κ2) is 8.39. The Bertz CT molecular complexity index is 1240. The molecule has 0 fully saturated rings. The highest BCUT2D eigenvalue weighted by Crippen LogP contribution is 2.39. The number of nitrogens with one attached hydrogen (secondary N) is 1. The summed E-state index contributed by atoms with van der Waals surface area (Å²) >= 11 is 4.92. The third-order valence-electron chi connectivity index (χ3n) is 5.91. The number of carbonyl (C=O) groups is 1. The number of carbonyl (C=O) groups excluding carboxylic acids is 1. The highest BCUT2D eigenvalue weighted by Gasteiger charge is 2.37. The molecule has 3 N–H and O–H groups in total. The molecule has 32 heavy (non-hydrogen) atoms. The summed E-state index contributed by atoms with van der Waals surface area (Å²) in [6.07, 6.45) is 1.45. The highest BCUT2D eigenvalue weighted by molar-refractivity contribution is 7.80. The molecule has 0 radical (unpaired) electrons. The summed E-state index contributed by atoms with van der Waals surface area (Å²) in [5.41, 5.74) is 11.6. The standard InChI is InChI=1S/C25H28N4O2S/c1-5-29(19-12-8-10-16-9-6-7-11-17(16)19)23(30)22-15(2)21-18(27-28-24(26)32)13-25(3,4)14-20(21)31-22/h6-12H,5,13-14H2,1-4H3,(H3,26,28,32)/b27-18-. The molecule has 0 aliphatic heterocycles. The lowest BCUT2D eigenvalue weighted by molar-refractivity contribution is 0.0958. The first-order valence-electron chi connectivity index (χ1n) is 10.8. The highest BCUT2D eigenvalue weighted by atomic mass is 32.1. The van der Waals surface area contributed by atoms with E-state index in [9.17, 15) is 4.79 Å². The monoisotopic (exact) mass is 448 g/mol. The van der Waals surface area contributed by atoms with Gasteiger partial charge in [-0.05, 0) is 49.4 Å². The number of hydrazone groups is 1. The van der Waals surface area contributed by atoms with Crippen molar-refractivity contribution in [2.45, 2.75) is 40.5 Å². The van der Waals surface area contributed by atoms with Gasteiger partial charge in [0.25, 0.3) is 5.91 Å². The molecular weight excluding hydrogens is 420 g/mol. The zero-order chi connectivity index (χ0) is 23.0. The zero-order valence-electron chi connectivity index (χ0n) is 18.9. The van der Waals surface area contributed by atoms with Crippen molar-refractivity contribution in [1.82, 2.24) is 5.43 Å². The minimum atomic E-state index is -0.157. The average molecular weight is 449 g/mol. The lowest BCUT2D eigenvalue weighted by Crippen LogP contribution is -2.31. The number of amides is 1. The summed E-state index contributed by atoms with van der Waals surface area (Å²) in [5.74, 6) is 0.972. The van der Waals surface area contributed by atoms with Crippen LogP contribution in [0.5, 0.6) is 0 Å². The van der Waals surface area contributed by atoms with Crippen LogP contribution in [0.4, 0.5) is 5.69 Å². The topological polar surface area (TPSA) is 83.9 Å². The predicted octanol–water partition coefficient (Wildman–Crippen LogP) is 4.92. The van der Waals surface area contributed by atoms with Crippen LogP contribution in [-0.2, 0) is 6.42 Å². The third-order valence-corrected chi connectivity index (χ3v) is 6.00. The van der Waals surface area contributed by atoms with E-state index in [0.29, 0.717) is 12.3 Å². The fourth-order valence-electron chi connectivity index (χ4n) is 4.53. The van der Waals surface area contributed by atoms with E-state index in [0.717, 1.165) is 51.9 Å². The molecule has 0 unspecified atom stereocenters. The Labute approximate surface area is 193 Å². The van der Waals surface area contributed by atoms with Crippen molar-refractivity contribution in [2.24, 2.45) is 16.3 Å². The Morgan fingerprint density at radius 3 is 2.66 bits per heavy atom. The molecule has 1 heterocycles. The van der Waals surface area contributed by atoms with Crippen molar-refractivity contribution in [1.29, 1.82) is 0 Å². The van der Waals surface area contributed by atoms with E-state index in [4.69, 9.17) is 22.4 Å². The second-order valence-corrected chi connectivity index (χ2v) is 9.39. The summed E-state index contributed by atoms with van der Waals surface area (Å²) in [4.78, 5) is 15.5. The van der Waals surface area contributed by atoms with Crippen LogP contribution >= 0.6 is 12.2 Å². The average Bonchev–Trinajstić information content (AvgIpc) is 3.07. The molecule has 1 aliphatic rings. The van der Waals surface area contributed by atoms with Gasteiger partial charge in [0.15, 0.2) is 10.9 Å². The van der Waals surface area contributed by atoms with Crippen molar-refractivity contribution in [3.05, 3.63) is 65.1 Å². The van der Waals surface area contributed by atoms with Crippen LogP contribution in [0.1, 0.15) is 54.6 Å². The van der Waals surface area contributed by atoms with E-state index in [1.807, 2.05) is 56.3 Å². The van der Waals surface area contributed by atoms with Gasteiger partial charge < -0.3 is 15.1 Å². The molecule has 0 saturated carbocycles. The van der Waals surface area contributed by atoms with Gasteiger partial charge in [0, 0.05) is 29.5 Å². The molecule has 0 bridgehead atoms. The molecule has 0 saturated heterocycles. The van der Waals surface area contributed by atoms with Crippen molar-refractivity contribution < 1.29 is 9.21 Å². The maximum atomic E-state index is 13.7. The van der Waals surface area contributed by atoms with Crippen molar-refractivity contribution >= 4 is 45.4 Å². The zero-order valence-corrected chi connectivity index (χ0v) is 19.7. The summed E-state index contributed by atoms with van der Waals surface area (Å²) in [6, 6.07) is 14.1. The molecule has 1 amide bonds. The van der Waals surface area contributed by atoms with Gasteiger partial charge in [0.05, 0.1) is 11.4 Å². The van der Waals surface area contributed by atoms with Gasteiger partial charge in [0.2, 0.25) is 0 Å². The molecule has 0 spiro atoms. The van der Waals surface area contributed by atoms with E-state index in [2.05, 4.69) is 24.4 Å². The third kappa shape index (κ3) is 4.00. The van der Waals surface area contributed by atoms with Crippen molar-refractivity contribution in [3.63, 3.8) is 0 Å². The summed E-state index contributed by atoms with van der Waals surface area (Å²) in [5, 5.41) is 6.66. The van der Waals surface area contributed by atoms with E-state index < -0.39 is 0 Å². The largest absolute Gasteiger partial charge is 0.455 e. The van der Waals surface area contributed by atoms with Crippen LogP contribution < -0.4 is 16.1 Å². The van der Waals surface area contributed by atoms with Crippen LogP contribution in [0, 0.1) is 12.3 Å². The molecule has 0 atom stereocenters. The Hall–Kier alpha value is -3.19. The van der Waals surface area contributed by atoms with Gasteiger partial charge in [-0.2, -0.15) is 5.10 Å². The molecule has 6 nitrogen and oxygen atoms in total. The SMILES string of the molecule is CCN(C(=O)c1oc2c(c1C)/C(=N\NC(N)=S)CC(C)(C)C2)c1cccc2ccccc12. The summed E-state index contributed by atoms with van der Waals surface area (Å²) in [7, 11) is 0. The van der Waals surface area contributed by atoms with Gasteiger partial charge >= 0.3 is 0 Å². The molecule has 166 valence electrons. The normalized spacial score (nSPS) is 16.1. The van der Waals surface area contributed by atoms with Crippen LogP contribution in [0.3, 0.4) is 0 Å². The van der Waals surface area contributed by atoms with E-state index in [1.54, 1.807) is 4.90 Å². The molecule has 1 aromatic heterocycles. The number of benzene rings is 2. The molecule has 3 aromatic rings. The first kappa shape index (κ1) is 22.0. The number of nitrogens with two attached hydrogens (primary N) is 1. The Morgan fingerprint density at radius 1 is 1.22 bits per heavy atom. The number of hydrogen-bond donors (Lipinski definition) is 2. The first-order chi connectivity index (χ1) is 15.2. The number of furan rings is 1. The van der Waals surface area contributed by atoms with Crippen molar-refractivity contribution in [3.8, 4) is 0 Å². The quantitative estimate of drug-likeness (QED) is 0.437. The maximum absolute atomic E-state index is 13.7. The minimum Gasteiger partial charge on any atom is -0.455 e. The number of anilines is 1. The number of hydrogen-bond acceptors (Lipinski definition) is 4. The summed E-state index contributed by atoms with van der Waals surface area (Å²) in [6.45, 7) is 8.72. The second-order valence-electron chi connectivity index (χ2n) is 8.95. The maximum Gasteiger partial charge on any atom is 0.294 e. The van der Waals surface area contributed by atoms with E-state index >= 15 is 0 Å². The molecular formula is C25H28N4O2S. The van der Waals surface area contributed by atoms with Gasteiger partial charge in [-0.15, -0.1) is 0 Å². The fourth-order valence-corrected chi connectivity index (χ4v) is 4.57. The Morgan fingerprint density at radius 2 is 1.94 bits per heavy atom. The van der Waals surface area contributed by atoms with Crippen LogP contribution in [0.15, 0.2) is 52.0 Å². The predicted molar refractivity (Wildman–Crippen MR) is 133 cm³/mol. The molecule has 7 heteroatoms. The number of rotatable bonds is 4. The lowest BCUT2D eigenvalue weighted by atomic mass is 9.75. The number of nitrogens with zero attached hydrogens (tertiary/aromatic N) is 2. The fraction of sp³-hybridized carbons (Fsp3) is 0.320. The molecule has 1 aliphatic carbocycles. The minimum absolute atomic E-state index is 0.0611. The number of thiocarbonyl (C=S) groups is 1. The van der Waals surface area contributed by atoms with Crippen LogP contribution in [0.25, 0.3) is 10.8 Å². The molecule has 2 aromatic carbocycles. The Balaban J connectivity index is 1.79. The van der Waals surface area contributed by atoms with Gasteiger partial charge in [-0.1, -0.05) is 50.2 Å². The smallest absolute Gasteiger partial charge is 0.294 e. The Kier molecular flexibility index (Phi) is 5.77. The van der Waals surface area contributed by atoms with Crippen LogP contribution in [-0.4, -0.2) is 23.3 Å². The van der Waals surface area contributed by atoms with E-state index in [1.165, 1.54) is 0 Å². The molecule has 4 rings (SSSR count). The van der Waals surface area contributed by atoms with Crippen LogP contribution in [0.2, 0.25) is 0 Å². The first-order valence-corrected chi connectivity index (χ1v) is 11.2. The summed E-state index contributed by atoms with van der Waals surface area (Å²) < 4.78 is 6.22. The van der Waals surface area contributed by atoms with Gasteiger partial charge in [-0.25, -0.2) is 0 Å². The van der Waals surface area contributed by atoms with Crippen molar-refractivity contribution in [2.75, 3.05) is 11.4 Å².